The van der Waals surface area contributed by atoms with Gasteiger partial charge in [-0.3, -0.25) is 0 Å². The van der Waals surface area contributed by atoms with Gasteiger partial charge in [-0.15, -0.1) is 0 Å². The number of nitrogens with zero attached hydrogens (tertiary/aromatic N) is 5. The largest absolute Gasteiger partial charge is 0.317 e. The molecule has 1 aliphatic heterocycles. The molecule has 28 heavy (non-hydrogen) atoms. The summed E-state index contributed by atoms with van der Waals surface area (Å²) in [6, 6.07) is 7.18. The Morgan fingerprint density at radius 3 is 2.71 bits per heavy atom. The van der Waals surface area contributed by atoms with Crippen LogP contribution >= 0.6 is 0 Å². The SMILES string of the molecule is Cc1cn2nc(-c3cc(F)c4cc(C5CCNCC5)nnc4c3)cc(C)c2n1. The first kappa shape index (κ1) is 17.2. The molecule has 1 saturated heterocycles. The number of aromatic nitrogens is 5. The average molecular weight is 376 g/mol. The molecule has 1 aromatic carbocycles. The van der Waals surface area contributed by atoms with Crippen LogP contribution in [0.5, 0.6) is 0 Å². The van der Waals surface area contributed by atoms with Crippen LogP contribution in [0.2, 0.25) is 0 Å². The summed E-state index contributed by atoms with van der Waals surface area (Å²) < 4.78 is 16.7. The third kappa shape index (κ3) is 2.92. The van der Waals surface area contributed by atoms with E-state index in [-0.39, 0.29) is 5.82 Å². The molecular formula is C21H21FN6. The van der Waals surface area contributed by atoms with Crippen LogP contribution in [0.25, 0.3) is 27.8 Å². The van der Waals surface area contributed by atoms with Gasteiger partial charge in [0.25, 0.3) is 0 Å². The van der Waals surface area contributed by atoms with Crippen LogP contribution in [-0.2, 0) is 0 Å². The minimum absolute atomic E-state index is 0.293. The molecule has 0 amide bonds. The average Bonchev–Trinajstić information content (AvgIpc) is 3.09. The first-order chi connectivity index (χ1) is 13.6. The van der Waals surface area contributed by atoms with Crippen molar-refractivity contribution in [1.82, 2.24) is 30.1 Å². The lowest BCUT2D eigenvalue weighted by Gasteiger charge is -2.21. The highest BCUT2D eigenvalue weighted by Crippen LogP contribution is 2.29. The molecule has 4 aromatic rings. The van der Waals surface area contributed by atoms with Gasteiger partial charge < -0.3 is 5.32 Å². The van der Waals surface area contributed by atoms with Crippen molar-refractivity contribution in [3.05, 3.63) is 53.2 Å². The molecule has 0 spiro atoms. The summed E-state index contributed by atoms with van der Waals surface area (Å²) in [5, 5.41) is 17.2. The normalized spacial score (nSPS) is 15.5. The first-order valence-electron chi connectivity index (χ1n) is 9.60. The van der Waals surface area contributed by atoms with Crippen LogP contribution in [0, 0.1) is 19.7 Å². The van der Waals surface area contributed by atoms with E-state index in [1.54, 1.807) is 4.52 Å². The minimum atomic E-state index is -0.293. The van der Waals surface area contributed by atoms with Crippen molar-refractivity contribution in [1.29, 1.82) is 0 Å². The molecule has 0 aliphatic carbocycles. The topological polar surface area (TPSA) is 68.0 Å². The Morgan fingerprint density at radius 2 is 1.89 bits per heavy atom. The zero-order valence-electron chi connectivity index (χ0n) is 15.9. The number of hydrogen-bond donors (Lipinski definition) is 1. The lowest BCUT2D eigenvalue weighted by atomic mass is 9.93. The van der Waals surface area contributed by atoms with Gasteiger partial charge in [0, 0.05) is 16.9 Å². The monoisotopic (exact) mass is 376 g/mol. The molecule has 0 saturated carbocycles. The number of hydrogen-bond acceptors (Lipinski definition) is 5. The highest BCUT2D eigenvalue weighted by atomic mass is 19.1. The van der Waals surface area contributed by atoms with Crippen molar-refractivity contribution in [2.24, 2.45) is 0 Å². The Hall–Kier alpha value is -2.93. The third-order valence-corrected chi connectivity index (χ3v) is 5.46. The molecule has 1 aliphatic rings. The third-order valence-electron chi connectivity index (χ3n) is 5.46. The summed E-state index contributed by atoms with van der Waals surface area (Å²) in [5.74, 6) is 0.0485. The standard InChI is InChI=1S/C21H21FN6/c1-12-7-19(27-28-11-13(2)24-21(12)28)15-8-17(22)16-10-18(25-26-20(16)9-15)14-3-5-23-6-4-14/h7-11,14,23H,3-6H2,1-2H3. The fourth-order valence-electron chi connectivity index (χ4n) is 3.97. The van der Waals surface area contributed by atoms with Crippen molar-refractivity contribution in [3.63, 3.8) is 0 Å². The Morgan fingerprint density at radius 1 is 1.07 bits per heavy atom. The number of imidazole rings is 1. The fraction of sp³-hybridized carbons (Fsp3) is 0.333. The molecule has 6 nitrogen and oxygen atoms in total. The van der Waals surface area contributed by atoms with Gasteiger partial charge in [0.1, 0.15) is 5.82 Å². The summed E-state index contributed by atoms with van der Waals surface area (Å²) in [6.07, 6.45) is 3.88. The molecule has 1 fully saturated rings. The molecule has 4 heterocycles. The zero-order chi connectivity index (χ0) is 19.3. The van der Waals surface area contributed by atoms with Gasteiger partial charge in [0.15, 0.2) is 5.65 Å². The summed E-state index contributed by atoms with van der Waals surface area (Å²) in [6.45, 7) is 5.84. The molecule has 0 atom stereocenters. The number of aryl methyl sites for hydroxylation is 2. The van der Waals surface area contributed by atoms with Crippen molar-refractivity contribution in [2.75, 3.05) is 13.1 Å². The quantitative estimate of drug-likeness (QED) is 0.579. The van der Waals surface area contributed by atoms with E-state index in [0.717, 1.165) is 48.5 Å². The van der Waals surface area contributed by atoms with E-state index < -0.39 is 0 Å². The van der Waals surface area contributed by atoms with E-state index in [1.165, 1.54) is 6.07 Å². The summed E-state index contributed by atoms with van der Waals surface area (Å²) in [5.41, 5.74) is 5.50. The van der Waals surface area contributed by atoms with Crippen molar-refractivity contribution in [2.45, 2.75) is 32.6 Å². The summed E-state index contributed by atoms with van der Waals surface area (Å²) >= 11 is 0. The Balaban J connectivity index is 1.59. The number of halogens is 1. The molecule has 1 N–H and O–H groups in total. The van der Waals surface area contributed by atoms with E-state index in [0.29, 0.717) is 28.1 Å². The molecule has 0 radical (unpaired) electrons. The maximum atomic E-state index is 15.0. The van der Waals surface area contributed by atoms with Crippen LogP contribution in [0.4, 0.5) is 4.39 Å². The first-order valence-corrected chi connectivity index (χ1v) is 9.60. The lowest BCUT2D eigenvalue weighted by Crippen LogP contribution is -2.27. The molecule has 0 unspecified atom stereocenters. The van der Waals surface area contributed by atoms with Crippen LogP contribution in [-0.4, -0.2) is 37.9 Å². The van der Waals surface area contributed by atoms with Crippen LogP contribution in [0.3, 0.4) is 0 Å². The maximum Gasteiger partial charge on any atom is 0.156 e. The van der Waals surface area contributed by atoms with Gasteiger partial charge >= 0.3 is 0 Å². The Labute approximate surface area is 161 Å². The molecule has 142 valence electrons. The number of piperidine rings is 1. The number of nitrogens with one attached hydrogen (secondary N) is 1. The molecule has 3 aromatic heterocycles. The second-order valence-electron chi connectivity index (χ2n) is 7.55. The molecule has 5 rings (SSSR count). The Kier molecular flexibility index (Phi) is 4.05. The second kappa shape index (κ2) is 6.60. The minimum Gasteiger partial charge on any atom is -0.317 e. The van der Waals surface area contributed by atoms with E-state index in [1.807, 2.05) is 38.2 Å². The van der Waals surface area contributed by atoms with Crippen molar-refractivity contribution >= 4 is 16.6 Å². The maximum absolute atomic E-state index is 15.0. The van der Waals surface area contributed by atoms with Gasteiger partial charge in [0.2, 0.25) is 0 Å². The predicted molar refractivity (Wildman–Crippen MR) is 106 cm³/mol. The summed E-state index contributed by atoms with van der Waals surface area (Å²) in [7, 11) is 0. The van der Waals surface area contributed by atoms with E-state index >= 15 is 0 Å². The van der Waals surface area contributed by atoms with Crippen molar-refractivity contribution in [3.8, 4) is 11.3 Å². The highest BCUT2D eigenvalue weighted by Gasteiger charge is 2.19. The van der Waals surface area contributed by atoms with Gasteiger partial charge in [-0.2, -0.15) is 15.3 Å². The smallest absolute Gasteiger partial charge is 0.156 e. The van der Waals surface area contributed by atoms with E-state index in [2.05, 4.69) is 25.6 Å². The van der Waals surface area contributed by atoms with Crippen LogP contribution in [0.1, 0.15) is 35.7 Å². The molecule has 7 heteroatoms. The van der Waals surface area contributed by atoms with Crippen molar-refractivity contribution < 1.29 is 4.39 Å². The van der Waals surface area contributed by atoms with Gasteiger partial charge in [-0.1, -0.05) is 0 Å². The number of benzene rings is 1. The number of fused-ring (bicyclic) bond motifs is 2. The molecule has 0 bridgehead atoms. The van der Waals surface area contributed by atoms with E-state index in [9.17, 15) is 4.39 Å². The van der Waals surface area contributed by atoms with Gasteiger partial charge in [-0.05, 0) is 69.6 Å². The van der Waals surface area contributed by atoms with Gasteiger partial charge in [0.05, 0.1) is 28.8 Å². The van der Waals surface area contributed by atoms with Crippen LogP contribution < -0.4 is 5.32 Å². The highest BCUT2D eigenvalue weighted by molar-refractivity contribution is 5.84. The predicted octanol–water partition coefficient (Wildman–Crippen LogP) is 3.56. The molecular weight excluding hydrogens is 355 g/mol. The van der Waals surface area contributed by atoms with Crippen LogP contribution in [0.15, 0.2) is 30.5 Å². The van der Waals surface area contributed by atoms with E-state index in [4.69, 9.17) is 0 Å². The van der Waals surface area contributed by atoms with Gasteiger partial charge in [-0.25, -0.2) is 13.9 Å². The number of rotatable bonds is 2. The fourth-order valence-corrected chi connectivity index (χ4v) is 3.97. The second-order valence-corrected chi connectivity index (χ2v) is 7.55. The Bertz CT molecular complexity index is 1190. The summed E-state index contributed by atoms with van der Waals surface area (Å²) in [4.78, 5) is 4.47. The zero-order valence-corrected chi connectivity index (χ0v) is 15.9. The lowest BCUT2D eigenvalue weighted by molar-refractivity contribution is 0.451.